The number of ether oxygens (including phenoxy) is 1. The van der Waals surface area contributed by atoms with Crippen LogP contribution >= 0.6 is 0 Å². The molecule has 5 nitrogen and oxygen atoms in total. The Balaban J connectivity index is 2.16. The monoisotopic (exact) mass is 293 g/mol. The zero-order valence-electron chi connectivity index (χ0n) is 12.4. The summed E-state index contributed by atoms with van der Waals surface area (Å²) in [6.45, 7) is 2.58. The summed E-state index contributed by atoms with van der Waals surface area (Å²) in [5.41, 5.74) is 0. The van der Waals surface area contributed by atoms with Crippen molar-refractivity contribution < 1.29 is 19.4 Å². The first-order valence-electron chi connectivity index (χ1n) is 7.28. The van der Waals surface area contributed by atoms with Crippen molar-refractivity contribution in [2.45, 2.75) is 32.6 Å². The fraction of sp³-hybridized carbons (Fsp3) is 0.500. The summed E-state index contributed by atoms with van der Waals surface area (Å²) in [7, 11) is 0. The Hall–Kier alpha value is -2.04. The highest BCUT2D eigenvalue weighted by molar-refractivity contribution is 5.77. The van der Waals surface area contributed by atoms with Crippen LogP contribution in [-0.2, 0) is 9.59 Å². The normalized spacial score (nSPS) is 11.7. The maximum atomic E-state index is 11.6. The summed E-state index contributed by atoms with van der Waals surface area (Å²) in [5.74, 6) is 0.0673. The van der Waals surface area contributed by atoms with E-state index < -0.39 is 5.97 Å². The number of rotatable bonds is 10. The lowest BCUT2D eigenvalue weighted by atomic mass is 9.97. The molecular weight excluding hydrogens is 270 g/mol. The minimum Gasteiger partial charge on any atom is -0.484 e. The lowest BCUT2D eigenvalue weighted by Crippen LogP contribution is -2.30. The average molecular weight is 293 g/mol. The first-order valence-corrected chi connectivity index (χ1v) is 7.28. The Morgan fingerprint density at radius 3 is 2.57 bits per heavy atom. The van der Waals surface area contributed by atoms with Gasteiger partial charge in [-0.15, -0.1) is 0 Å². The van der Waals surface area contributed by atoms with Crippen molar-refractivity contribution in [3.8, 4) is 5.75 Å². The van der Waals surface area contributed by atoms with E-state index in [-0.39, 0.29) is 18.9 Å². The third kappa shape index (κ3) is 7.97. The van der Waals surface area contributed by atoms with Gasteiger partial charge >= 0.3 is 5.97 Å². The topological polar surface area (TPSA) is 75.6 Å². The number of carboxylic acids is 1. The summed E-state index contributed by atoms with van der Waals surface area (Å²) in [5, 5.41) is 11.5. The van der Waals surface area contributed by atoms with E-state index in [2.05, 4.69) is 5.32 Å². The first kappa shape index (κ1) is 17.0. The second-order valence-corrected chi connectivity index (χ2v) is 4.95. The molecule has 0 bridgehead atoms. The summed E-state index contributed by atoms with van der Waals surface area (Å²) in [4.78, 5) is 22.2. The molecule has 1 aromatic carbocycles. The zero-order chi connectivity index (χ0) is 15.5. The number of hydrogen-bond donors (Lipinski definition) is 2. The molecule has 0 aliphatic heterocycles. The average Bonchev–Trinajstić information content (AvgIpc) is 2.49. The molecule has 2 N–H and O–H groups in total. The summed E-state index contributed by atoms with van der Waals surface area (Å²) in [6, 6.07) is 9.18. The van der Waals surface area contributed by atoms with E-state index in [9.17, 15) is 9.59 Å². The molecule has 0 radical (unpaired) electrons. The Kier molecular flexibility index (Phi) is 7.94. The van der Waals surface area contributed by atoms with Crippen LogP contribution in [0.4, 0.5) is 0 Å². The summed E-state index contributed by atoms with van der Waals surface area (Å²) >= 11 is 0. The van der Waals surface area contributed by atoms with Crippen LogP contribution in [-0.4, -0.2) is 30.1 Å². The minimum atomic E-state index is -0.770. The summed E-state index contributed by atoms with van der Waals surface area (Å²) in [6.07, 6.45) is 2.55. The molecular formula is C16H23NO4. The van der Waals surface area contributed by atoms with Crippen LogP contribution in [0.25, 0.3) is 0 Å². The fourth-order valence-corrected chi connectivity index (χ4v) is 2.01. The van der Waals surface area contributed by atoms with Crippen LogP contribution in [0, 0.1) is 5.92 Å². The molecule has 21 heavy (non-hydrogen) atoms. The van der Waals surface area contributed by atoms with E-state index in [1.807, 2.05) is 25.1 Å². The number of carboxylic acid groups (broad SMARTS) is 1. The quantitative estimate of drug-likeness (QED) is 0.695. The van der Waals surface area contributed by atoms with E-state index in [0.29, 0.717) is 24.6 Å². The largest absolute Gasteiger partial charge is 0.484 e. The molecule has 1 unspecified atom stereocenters. The predicted octanol–water partition coefficient (Wildman–Crippen LogP) is 2.46. The van der Waals surface area contributed by atoms with Crippen LogP contribution in [0.2, 0.25) is 0 Å². The number of carbonyl (C=O) groups is 2. The van der Waals surface area contributed by atoms with Gasteiger partial charge in [-0.3, -0.25) is 9.59 Å². The second kappa shape index (κ2) is 9.80. The number of amides is 1. The molecule has 1 rings (SSSR count). The molecule has 116 valence electrons. The van der Waals surface area contributed by atoms with E-state index in [1.54, 1.807) is 12.1 Å². The SMILES string of the molecule is CCC(CCNC(=O)COc1ccccc1)CCC(=O)O. The molecule has 1 atom stereocenters. The molecule has 0 aromatic heterocycles. The van der Waals surface area contributed by atoms with Crippen molar-refractivity contribution >= 4 is 11.9 Å². The Morgan fingerprint density at radius 1 is 1.24 bits per heavy atom. The van der Waals surface area contributed by atoms with Crippen molar-refractivity contribution in [2.24, 2.45) is 5.92 Å². The van der Waals surface area contributed by atoms with Crippen molar-refractivity contribution in [1.82, 2.24) is 5.32 Å². The maximum absolute atomic E-state index is 11.6. The molecule has 0 fully saturated rings. The van der Waals surface area contributed by atoms with Crippen LogP contribution in [0.1, 0.15) is 32.6 Å². The summed E-state index contributed by atoms with van der Waals surface area (Å²) < 4.78 is 5.34. The van der Waals surface area contributed by atoms with Gasteiger partial charge in [-0.25, -0.2) is 0 Å². The number of benzene rings is 1. The Bertz CT molecular complexity index is 433. The third-order valence-electron chi connectivity index (χ3n) is 3.33. The van der Waals surface area contributed by atoms with E-state index in [0.717, 1.165) is 12.8 Å². The standard InChI is InChI=1S/C16H23NO4/c1-2-13(8-9-16(19)20)10-11-17-15(18)12-21-14-6-4-3-5-7-14/h3-7,13H,2,8-12H2,1H3,(H,17,18)(H,19,20). The van der Waals surface area contributed by atoms with Crippen LogP contribution in [0.3, 0.4) is 0 Å². The van der Waals surface area contributed by atoms with Gasteiger partial charge in [0.2, 0.25) is 0 Å². The molecule has 0 aliphatic rings. The van der Waals surface area contributed by atoms with Crippen molar-refractivity contribution in [1.29, 1.82) is 0 Å². The number of nitrogens with one attached hydrogen (secondary N) is 1. The van der Waals surface area contributed by atoms with Gasteiger partial charge in [0.1, 0.15) is 5.75 Å². The van der Waals surface area contributed by atoms with Crippen molar-refractivity contribution in [2.75, 3.05) is 13.2 Å². The molecule has 0 aliphatic carbocycles. The zero-order valence-corrected chi connectivity index (χ0v) is 12.4. The van der Waals surface area contributed by atoms with Gasteiger partial charge in [0.25, 0.3) is 5.91 Å². The molecule has 0 saturated heterocycles. The predicted molar refractivity (Wildman–Crippen MR) is 80.2 cm³/mol. The highest BCUT2D eigenvalue weighted by Gasteiger charge is 2.10. The highest BCUT2D eigenvalue weighted by atomic mass is 16.5. The van der Waals surface area contributed by atoms with Crippen LogP contribution in [0.15, 0.2) is 30.3 Å². The molecule has 1 amide bonds. The number of aliphatic carboxylic acids is 1. The van der Waals surface area contributed by atoms with Crippen molar-refractivity contribution in [3.05, 3.63) is 30.3 Å². The highest BCUT2D eigenvalue weighted by Crippen LogP contribution is 2.14. The first-order chi connectivity index (χ1) is 10.1. The van der Waals surface area contributed by atoms with Crippen molar-refractivity contribution in [3.63, 3.8) is 0 Å². The Labute approximate surface area is 125 Å². The smallest absolute Gasteiger partial charge is 0.303 e. The molecule has 1 aromatic rings. The molecule has 0 saturated carbocycles. The minimum absolute atomic E-state index is 0.00404. The van der Waals surface area contributed by atoms with Gasteiger partial charge < -0.3 is 15.2 Å². The number of carbonyl (C=O) groups excluding carboxylic acids is 1. The molecule has 5 heteroatoms. The van der Waals surface area contributed by atoms with Gasteiger partial charge in [-0.1, -0.05) is 31.5 Å². The van der Waals surface area contributed by atoms with Gasteiger partial charge in [-0.2, -0.15) is 0 Å². The van der Waals surface area contributed by atoms with Gasteiger partial charge in [0.15, 0.2) is 6.61 Å². The maximum Gasteiger partial charge on any atom is 0.303 e. The third-order valence-corrected chi connectivity index (χ3v) is 3.33. The van der Waals surface area contributed by atoms with Crippen LogP contribution < -0.4 is 10.1 Å². The van der Waals surface area contributed by atoms with E-state index in [1.165, 1.54) is 0 Å². The van der Waals surface area contributed by atoms with E-state index in [4.69, 9.17) is 9.84 Å². The second-order valence-electron chi connectivity index (χ2n) is 4.95. The molecule has 0 heterocycles. The molecule has 0 spiro atoms. The van der Waals surface area contributed by atoms with Gasteiger partial charge in [0, 0.05) is 13.0 Å². The van der Waals surface area contributed by atoms with E-state index >= 15 is 0 Å². The van der Waals surface area contributed by atoms with Gasteiger partial charge in [-0.05, 0) is 30.9 Å². The number of hydrogen-bond acceptors (Lipinski definition) is 3. The lowest BCUT2D eigenvalue weighted by Gasteiger charge is -2.14. The Morgan fingerprint density at radius 2 is 1.95 bits per heavy atom. The fourth-order valence-electron chi connectivity index (χ4n) is 2.01. The van der Waals surface area contributed by atoms with Gasteiger partial charge in [0.05, 0.1) is 0 Å². The number of para-hydroxylation sites is 1. The van der Waals surface area contributed by atoms with Crippen LogP contribution in [0.5, 0.6) is 5.75 Å². The lowest BCUT2D eigenvalue weighted by molar-refractivity contribution is -0.137.